The highest BCUT2D eigenvalue weighted by molar-refractivity contribution is 5.96. The molecule has 1 saturated heterocycles. The van der Waals surface area contributed by atoms with Crippen LogP contribution >= 0.6 is 0 Å². The Balaban J connectivity index is 2.09. The van der Waals surface area contributed by atoms with Gasteiger partial charge >= 0.3 is 6.03 Å². The minimum atomic E-state index is -0.265. The molecule has 1 fully saturated rings. The van der Waals surface area contributed by atoms with Crippen molar-refractivity contribution in [3.05, 3.63) is 28.3 Å². The molecular weight excluding hydrogens is 330 g/mol. The maximum absolute atomic E-state index is 13.0. The van der Waals surface area contributed by atoms with Crippen LogP contribution in [0.5, 0.6) is 5.75 Å². The van der Waals surface area contributed by atoms with E-state index >= 15 is 0 Å². The minimum Gasteiger partial charge on any atom is -0.496 e. The van der Waals surface area contributed by atoms with E-state index in [-0.39, 0.29) is 17.5 Å². The molecule has 0 saturated carbocycles. The number of urea groups is 1. The van der Waals surface area contributed by atoms with Crippen molar-refractivity contribution < 1.29 is 14.3 Å². The summed E-state index contributed by atoms with van der Waals surface area (Å²) in [6.07, 6.45) is 0. The highest BCUT2D eigenvalue weighted by Crippen LogP contribution is 2.29. The molecule has 0 atom stereocenters. The zero-order valence-corrected chi connectivity index (χ0v) is 17.0. The summed E-state index contributed by atoms with van der Waals surface area (Å²) in [6.45, 7) is 13.9. The highest BCUT2D eigenvalue weighted by Gasteiger charge is 2.28. The van der Waals surface area contributed by atoms with E-state index in [0.29, 0.717) is 31.7 Å². The Hall–Kier alpha value is -2.24. The number of methoxy groups -OCH3 is 1. The molecule has 26 heavy (non-hydrogen) atoms. The molecule has 0 aliphatic carbocycles. The van der Waals surface area contributed by atoms with Crippen molar-refractivity contribution in [2.45, 2.75) is 47.1 Å². The Labute approximate surface area is 156 Å². The van der Waals surface area contributed by atoms with Gasteiger partial charge in [0.05, 0.1) is 7.11 Å². The molecule has 0 aromatic heterocycles. The van der Waals surface area contributed by atoms with Gasteiger partial charge in [-0.25, -0.2) is 4.79 Å². The average Bonchev–Trinajstić information content (AvgIpc) is 2.56. The summed E-state index contributed by atoms with van der Waals surface area (Å²) in [6, 6.07) is 1.83. The molecule has 3 amide bonds. The molecule has 1 heterocycles. The van der Waals surface area contributed by atoms with Crippen LogP contribution in [0.2, 0.25) is 0 Å². The fourth-order valence-electron chi connectivity index (χ4n) is 3.28. The summed E-state index contributed by atoms with van der Waals surface area (Å²) >= 11 is 0. The van der Waals surface area contributed by atoms with Gasteiger partial charge in [-0.05, 0) is 64.3 Å². The molecule has 6 heteroatoms. The smallest absolute Gasteiger partial charge is 0.317 e. The Morgan fingerprint density at radius 1 is 1.00 bits per heavy atom. The number of piperazine rings is 1. The number of carbonyl (C=O) groups excluding carboxylic acids is 2. The van der Waals surface area contributed by atoms with Gasteiger partial charge in [0.15, 0.2) is 0 Å². The molecular formula is C20H31N3O3. The third kappa shape index (κ3) is 4.29. The predicted octanol–water partition coefficient (Wildman–Crippen LogP) is 2.89. The SMILES string of the molecule is COc1c(C)cc(C(=O)N2CCN(C(=O)NC(C)(C)C)CC2)c(C)c1C. The van der Waals surface area contributed by atoms with Crippen molar-refractivity contribution in [2.75, 3.05) is 33.3 Å². The van der Waals surface area contributed by atoms with Crippen molar-refractivity contribution in [2.24, 2.45) is 0 Å². The first-order chi connectivity index (χ1) is 12.0. The minimum absolute atomic E-state index is 0.0206. The molecule has 1 N–H and O–H groups in total. The van der Waals surface area contributed by atoms with Crippen molar-refractivity contribution in [3.63, 3.8) is 0 Å². The summed E-state index contributed by atoms with van der Waals surface area (Å²) in [7, 11) is 1.65. The van der Waals surface area contributed by atoms with Gasteiger partial charge in [0.1, 0.15) is 5.75 Å². The number of ether oxygens (including phenoxy) is 1. The lowest BCUT2D eigenvalue weighted by Gasteiger charge is -2.36. The van der Waals surface area contributed by atoms with Crippen LogP contribution in [0.15, 0.2) is 6.07 Å². The monoisotopic (exact) mass is 361 g/mol. The third-order valence-electron chi connectivity index (χ3n) is 4.80. The highest BCUT2D eigenvalue weighted by atomic mass is 16.5. The van der Waals surface area contributed by atoms with E-state index in [1.807, 2.05) is 52.5 Å². The predicted molar refractivity (Wildman–Crippen MR) is 103 cm³/mol. The molecule has 1 aromatic carbocycles. The largest absolute Gasteiger partial charge is 0.496 e. The van der Waals surface area contributed by atoms with Crippen LogP contribution in [0.4, 0.5) is 4.79 Å². The number of aryl methyl sites for hydroxylation is 1. The van der Waals surface area contributed by atoms with Crippen LogP contribution in [0.1, 0.15) is 47.8 Å². The molecule has 0 spiro atoms. The van der Waals surface area contributed by atoms with E-state index in [0.717, 1.165) is 22.4 Å². The molecule has 6 nitrogen and oxygen atoms in total. The third-order valence-corrected chi connectivity index (χ3v) is 4.80. The molecule has 2 rings (SSSR count). The summed E-state index contributed by atoms with van der Waals surface area (Å²) in [5.74, 6) is 0.856. The Bertz CT molecular complexity index is 699. The van der Waals surface area contributed by atoms with E-state index in [2.05, 4.69) is 5.32 Å². The molecule has 0 bridgehead atoms. The van der Waals surface area contributed by atoms with Crippen LogP contribution in [0.3, 0.4) is 0 Å². The fraction of sp³-hybridized carbons (Fsp3) is 0.600. The fourth-order valence-corrected chi connectivity index (χ4v) is 3.28. The Kier molecular flexibility index (Phi) is 5.84. The first-order valence-electron chi connectivity index (χ1n) is 9.06. The summed E-state index contributed by atoms with van der Waals surface area (Å²) < 4.78 is 5.44. The second-order valence-electron chi connectivity index (χ2n) is 7.98. The number of carbonyl (C=O) groups is 2. The van der Waals surface area contributed by atoms with Gasteiger partial charge in [-0.15, -0.1) is 0 Å². The zero-order chi connectivity index (χ0) is 19.6. The van der Waals surface area contributed by atoms with E-state index in [1.165, 1.54) is 0 Å². The molecule has 1 aliphatic rings. The first-order valence-corrected chi connectivity index (χ1v) is 9.06. The molecule has 144 valence electrons. The lowest BCUT2D eigenvalue weighted by atomic mass is 9.97. The van der Waals surface area contributed by atoms with Crippen LogP contribution in [-0.4, -0.2) is 60.6 Å². The van der Waals surface area contributed by atoms with Crippen molar-refractivity contribution in [3.8, 4) is 5.75 Å². The van der Waals surface area contributed by atoms with Crippen molar-refractivity contribution in [1.82, 2.24) is 15.1 Å². The average molecular weight is 361 g/mol. The molecule has 0 unspecified atom stereocenters. The van der Waals surface area contributed by atoms with Crippen LogP contribution < -0.4 is 10.1 Å². The first kappa shape index (κ1) is 20.1. The van der Waals surface area contributed by atoms with Crippen molar-refractivity contribution in [1.29, 1.82) is 0 Å². The standard InChI is InChI=1S/C20H31N3O3/c1-13-12-16(14(2)15(3)17(13)26-7)18(24)22-8-10-23(11-9-22)19(25)21-20(4,5)6/h12H,8-11H2,1-7H3,(H,21,25). The van der Waals surface area contributed by atoms with Crippen molar-refractivity contribution >= 4 is 11.9 Å². The van der Waals surface area contributed by atoms with E-state index in [9.17, 15) is 9.59 Å². The number of benzene rings is 1. The molecule has 1 aliphatic heterocycles. The summed E-state index contributed by atoms with van der Waals surface area (Å²) in [4.78, 5) is 28.9. The topological polar surface area (TPSA) is 61.9 Å². The summed E-state index contributed by atoms with van der Waals surface area (Å²) in [5, 5.41) is 2.97. The van der Waals surface area contributed by atoms with Gasteiger partial charge in [0, 0.05) is 37.3 Å². The maximum Gasteiger partial charge on any atom is 0.317 e. The van der Waals surface area contributed by atoms with E-state index in [4.69, 9.17) is 4.74 Å². The number of hydrogen-bond donors (Lipinski definition) is 1. The Morgan fingerprint density at radius 2 is 1.54 bits per heavy atom. The van der Waals surface area contributed by atoms with Crippen LogP contribution in [0.25, 0.3) is 0 Å². The van der Waals surface area contributed by atoms with E-state index in [1.54, 1.807) is 12.0 Å². The van der Waals surface area contributed by atoms with Gasteiger partial charge in [0.2, 0.25) is 0 Å². The second-order valence-corrected chi connectivity index (χ2v) is 7.98. The number of amides is 3. The Morgan fingerprint density at radius 3 is 2.04 bits per heavy atom. The quantitative estimate of drug-likeness (QED) is 0.881. The lowest BCUT2D eigenvalue weighted by Crippen LogP contribution is -2.56. The number of nitrogens with zero attached hydrogens (tertiary/aromatic N) is 2. The lowest BCUT2D eigenvalue weighted by molar-refractivity contribution is 0.0660. The van der Waals surface area contributed by atoms with Gasteiger partial charge in [-0.2, -0.15) is 0 Å². The number of nitrogens with one attached hydrogen (secondary N) is 1. The van der Waals surface area contributed by atoms with Gasteiger partial charge in [-0.3, -0.25) is 4.79 Å². The second kappa shape index (κ2) is 7.56. The van der Waals surface area contributed by atoms with Gasteiger partial charge < -0.3 is 19.9 Å². The number of rotatable bonds is 2. The molecule has 1 aromatic rings. The zero-order valence-electron chi connectivity index (χ0n) is 17.0. The maximum atomic E-state index is 13.0. The van der Waals surface area contributed by atoms with Crippen LogP contribution in [0, 0.1) is 20.8 Å². The van der Waals surface area contributed by atoms with Gasteiger partial charge in [0.25, 0.3) is 5.91 Å². The summed E-state index contributed by atoms with van der Waals surface area (Å²) in [5.41, 5.74) is 3.36. The number of hydrogen-bond acceptors (Lipinski definition) is 3. The normalized spacial score (nSPS) is 15.0. The van der Waals surface area contributed by atoms with Crippen LogP contribution in [-0.2, 0) is 0 Å². The van der Waals surface area contributed by atoms with E-state index < -0.39 is 0 Å². The molecule has 0 radical (unpaired) electrons. The van der Waals surface area contributed by atoms with Gasteiger partial charge in [-0.1, -0.05) is 0 Å².